The first-order chi connectivity index (χ1) is 19.2. The van der Waals surface area contributed by atoms with Gasteiger partial charge in [0, 0.05) is 0 Å². The molecule has 0 aliphatic heterocycles. The van der Waals surface area contributed by atoms with E-state index in [0.29, 0.717) is 24.7 Å². The van der Waals surface area contributed by atoms with Crippen LogP contribution < -0.4 is 14.9 Å². The maximum Gasteiger partial charge on any atom is 0.250 e. The third-order valence-corrected chi connectivity index (χ3v) is 6.94. The van der Waals surface area contributed by atoms with Crippen LogP contribution in [0.15, 0.2) is 113 Å². The maximum absolute atomic E-state index is 12.6. The summed E-state index contributed by atoms with van der Waals surface area (Å²) in [6.07, 6.45) is 1.59. The Hall–Kier alpha value is -4.56. The first-order valence-corrected chi connectivity index (χ1v) is 13.5. The third kappa shape index (κ3) is 6.86. The Balaban J connectivity index is 1.21. The summed E-state index contributed by atoms with van der Waals surface area (Å²) < 4.78 is 13.5. The summed E-state index contributed by atoms with van der Waals surface area (Å²) in [6.45, 7) is 1.09. The molecule has 0 unspecified atom stereocenters. The predicted molar refractivity (Wildman–Crippen MR) is 156 cm³/mol. The second kappa shape index (κ2) is 12.8. The molecule has 0 aliphatic carbocycles. The lowest BCUT2D eigenvalue weighted by Gasteiger charge is -2.11. The fourth-order valence-electron chi connectivity index (χ4n) is 4.05. The van der Waals surface area contributed by atoms with Crippen LogP contribution in [0.2, 0.25) is 0 Å². The molecule has 1 heterocycles. The maximum atomic E-state index is 12.6. The highest BCUT2D eigenvalue weighted by molar-refractivity contribution is 7.99. The molecule has 0 fully saturated rings. The highest BCUT2D eigenvalue weighted by Crippen LogP contribution is 2.28. The van der Waals surface area contributed by atoms with Crippen molar-refractivity contribution < 1.29 is 14.3 Å². The number of hydrogen-bond donors (Lipinski definition) is 1. The molecule has 196 valence electrons. The number of nitrogens with one attached hydrogen (secondary N) is 1. The molecule has 4 aromatic carbocycles. The lowest BCUT2D eigenvalue weighted by molar-refractivity contribution is -0.118. The Kier molecular flexibility index (Phi) is 8.55. The number of imidazole rings is 1. The molecule has 8 heteroatoms. The van der Waals surface area contributed by atoms with Gasteiger partial charge in [0.15, 0.2) is 16.7 Å². The average Bonchev–Trinajstić information content (AvgIpc) is 3.33. The SMILES string of the molecule is COc1ccc(C=NNC(=O)CSc2nc3ccccc3n2Cc2ccccc2)cc1OCc1ccccc1. The van der Waals surface area contributed by atoms with Crippen LogP contribution in [0.4, 0.5) is 0 Å². The average molecular weight is 537 g/mol. The molecule has 7 nitrogen and oxygen atoms in total. The summed E-state index contributed by atoms with van der Waals surface area (Å²) in [5.41, 5.74) is 7.55. The molecule has 1 N–H and O–H groups in total. The van der Waals surface area contributed by atoms with E-state index in [0.717, 1.165) is 27.3 Å². The molecule has 5 aromatic rings. The van der Waals surface area contributed by atoms with Gasteiger partial charge in [-0.25, -0.2) is 10.4 Å². The van der Waals surface area contributed by atoms with Gasteiger partial charge in [-0.15, -0.1) is 0 Å². The van der Waals surface area contributed by atoms with Gasteiger partial charge in [-0.2, -0.15) is 5.10 Å². The Labute approximate surface area is 231 Å². The summed E-state index contributed by atoms with van der Waals surface area (Å²) in [7, 11) is 1.60. The number of carbonyl (C=O) groups excluding carboxylic acids is 1. The first-order valence-electron chi connectivity index (χ1n) is 12.5. The van der Waals surface area contributed by atoms with E-state index in [9.17, 15) is 4.79 Å². The van der Waals surface area contributed by atoms with E-state index in [1.54, 1.807) is 13.3 Å². The van der Waals surface area contributed by atoms with E-state index in [2.05, 4.69) is 27.2 Å². The van der Waals surface area contributed by atoms with Crippen LogP contribution in [0.1, 0.15) is 16.7 Å². The van der Waals surface area contributed by atoms with E-state index in [-0.39, 0.29) is 11.7 Å². The summed E-state index contributed by atoms with van der Waals surface area (Å²) >= 11 is 1.39. The summed E-state index contributed by atoms with van der Waals surface area (Å²) in [5.74, 6) is 1.19. The first kappa shape index (κ1) is 26.1. The zero-order chi connectivity index (χ0) is 26.9. The molecule has 0 aliphatic rings. The van der Waals surface area contributed by atoms with Crippen LogP contribution in [0, 0.1) is 0 Å². The number of ether oxygens (including phenoxy) is 2. The van der Waals surface area contributed by atoms with Crippen molar-refractivity contribution in [2.75, 3.05) is 12.9 Å². The van der Waals surface area contributed by atoms with Crippen LogP contribution in [0.25, 0.3) is 11.0 Å². The molecule has 0 radical (unpaired) electrons. The van der Waals surface area contributed by atoms with Gasteiger partial charge in [0.25, 0.3) is 5.91 Å². The number of para-hydroxylation sites is 2. The molecule has 0 saturated carbocycles. The van der Waals surface area contributed by atoms with Crippen molar-refractivity contribution in [3.8, 4) is 11.5 Å². The van der Waals surface area contributed by atoms with Crippen LogP contribution in [0.3, 0.4) is 0 Å². The predicted octanol–water partition coefficient (Wildman–Crippen LogP) is 5.91. The Morgan fingerprint density at radius 2 is 1.64 bits per heavy atom. The van der Waals surface area contributed by atoms with E-state index in [1.165, 1.54) is 17.3 Å². The van der Waals surface area contributed by atoms with E-state index < -0.39 is 0 Å². The molecule has 39 heavy (non-hydrogen) atoms. The van der Waals surface area contributed by atoms with Crippen molar-refractivity contribution in [2.24, 2.45) is 5.10 Å². The second-order valence-electron chi connectivity index (χ2n) is 8.72. The zero-order valence-corrected chi connectivity index (χ0v) is 22.3. The normalized spacial score (nSPS) is 11.1. The third-order valence-electron chi connectivity index (χ3n) is 5.96. The van der Waals surface area contributed by atoms with Crippen molar-refractivity contribution in [1.29, 1.82) is 0 Å². The van der Waals surface area contributed by atoms with E-state index in [4.69, 9.17) is 14.5 Å². The fourth-order valence-corrected chi connectivity index (χ4v) is 4.85. The van der Waals surface area contributed by atoms with Crippen LogP contribution in [-0.4, -0.2) is 34.5 Å². The van der Waals surface area contributed by atoms with Crippen molar-refractivity contribution in [3.63, 3.8) is 0 Å². The van der Waals surface area contributed by atoms with E-state index in [1.807, 2.05) is 91.0 Å². The van der Waals surface area contributed by atoms with Crippen molar-refractivity contribution in [1.82, 2.24) is 15.0 Å². The highest BCUT2D eigenvalue weighted by atomic mass is 32.2. The number of aromatic nitrogens is 2. The van der Waals surface area contributed by atoms with Crippen LogP contribution >= 0.6 is 11.8 Å². The number of amides is 1. The molecule has 0 saturated heterocycles. The number of nitrogens with zero attached hydrogens (tertiary/aromatic N) is 3. The second-order valence-corrected chi connectivity index (χ2v) is 9.66. The largest absolute Gasteiger partial charge is 0.493 e. The molecular weight excluding hydrogens is 508 g/mol. The van der Waals surface area contributed by atoms with Gasteiger partial charge >= 0.3 is 0 Å². The highest BCUT2D eigenvalue weighted by Gasteiger charge is 2.13. The Morgan fingerprint density at radius 1 is 0.923 bits per heavy atom. The van der Waals surface area contributed by atoms with Gasteiger partial charge in [0.05, 0.1) is 36.7 Å². The quantitative estimate of drug-likeness (QED) is 0.129. The minimum absolute atomic E-state index is 0.184. The number of rotatable bonds is 11. The molecule has 0 spiro atoms. The summed E-state index contributed by atoms with van der Waals surface area (Å²) in [4.78, 5) is 17.3. The lowest BCUT2D eigenvalue weighted by Crippen LogP contribution is -2.20. The molecule has 5 rings (SSSR count). The van der Waals surface area contributed by atoms with Gasteiger partial charge < -0.3 is 14.0 Å². The number of fused-ring (bicyclic) bond motifs is 1. The van der Waals surface area contributed by atoms with Gasteiger partial charge in [-0.3, -0.25) is 4.79 Å². The molecule has 1 aromatic heterocycles. The summed E-state index contributed by atoms with van der Waals surface area (Å²) in [6, 6.07) is 33.6. The lowest BCUT2D eigenvalue weighted by atomic mass is 10.2. The number of carbonyl (C=O) groups is 1. The van der Waals surface area contributed by atoms with Gasteiger partial charge in [-0.05, 0) is 47.0 Å². The molecular formula is C31H28N4O3S. The standard InChI is InChI=1S/C31H28N4O3S/c1-37-28-17-16-25(18-29(28)38-21-24-12-6-3-7-13-24)19-32-34-30(36)22-39-31-33-26-14-8-9-15-27(26)35(31)20-23-10-4-2-5-11-23/h2-19H,20-22H2,1H3,(H,34,36). The van der Waals surface area contributed by atoms with E-state index >= 15 is 0 Å². The van der Waals surface area contributed by atoms with Crippen LogP contribution in [-0.2, 0) is 17.9 Å². The Morgan fingerprint density at radius 3 is 2.41 bits per heavy atom. The minimum Gasteiger partial charge on any atom is -0.493 e. The van der Waals surface area contributed by atoms with Crippen molar-refractivity contribution in [3.05, 3.63) is 120 Å². The smallest absolute Gasteiger partial charge is 0.250 e. The minimum atomic E-state index is -0.219. The Bertz CT molecular complexity index is 1570. The topological polar surface area (TPSA) is 77.7 Å². The van der Waals surface area contributed by atoms with Crippen molar-refractivity contribution in [2.45, 2.75) is 18.3 Å². The van der Waals surface area contributed by atoms with Crippen LogP contribution in [0.5, 0.6) is 11.5 Å². The fraction of sp³-hybridized carbons (Fsp3) is 0.129. The molecule has 0 bridgehead atoms. The monoisotopic (exact) mass is 536 g/mol. The number of hydrogen-bond acceptors (Lipinski definition) is 6. The molecule has 1 amide bonds. The number of thioether (sulfide) groups is 1. The number of hydrazone groups is 1. The van der Waals surface area contributed by atoms with Gasteiger partial charge in [0.2, 0.25) is 0 Å². The summed E-state index contributed by atoms with van der Waals surface area (Å²) in [5, 5.41) is 4.93. The van der Waals surface area contributed by atoms with Gasteiger partial charge in [0.1, 0.15) is 6.61 Å². The van der Waals surface area contributed by atoms with Gasteiger partial charge in [-0.1, -0.05) is 84.6 Å². The number of methoxy groups -OCH3 is 1. The van der Waals surface area contributed by atoms with Crippen molar-refractivity contribution >= 4 is 34.9 Å². The number of benzene rings is 4. The zero-order valence-electron chi connectivity index (χ0n) is 21.5. The molecule has 0 atom stereocenters.